The van der Waals surface area contributed by atoms with Crippen molar-refractivity contribution in [1.82, 2.24) is 0 Å². The molecule has 0 aliphatic carbocycles. The third-order valence-corrected chi connectivity index (χ3v) is 23.3. The molecule has 0 aliphatic rings. The molecule has 10 rings (SSSR count). The molecule has 0 bridgehead atoms. The number of fused-ring (bicyclic) bond motifs is 6. The standard InChI is InChI=1S/C52H65B30N/c53-8-5-11(28(58)31(61)14(8)21-38(68)50(80)52(82)51(81)39(21)69)83(9-3-1-6(24(54)26(9)56)12-15-17(34(64)44(74)42(72)32(15)62)19-22(29(12)59)40(70)48(78)46(76)36(19)66)10-4-2-7(25(55)27(10)57)13-16-18(35(65)45(75)43(73)33(16)63)20-23(30(13)60)41(71)49(79)47(77)37(20)67/h1-5H,53-82H2. The summed E-state index contributed by atoms with van der Waals surface area (Å²) in [7, 11) is 70.8. The number of hydrogen-bond donors (Lipinski definition) is 0. The van der Waals surface area contributed by atoms with Gasteiger partial charge in [-0.25, -0.2) is 0 Å². The molecule has 368 valence electrons. The molecule has 0 spiro atoms. The fourth-order valence-corrected chi connectivity index (χ4v) is 15.9. The summed E-state index contributed by atoms with van der Waals surface area (Å²) in [6.07, 6.45) is 0. The molecule has 0 amide bonds. The van der Waals surface area contributed by atoms with Crippen molar-refractivity contribution >= 4 is 459 Å². The van der Waals surface area contributed by atoms with Crippen molar-refractivity contribution in [2.24, 2.45) is 0 Å². The van der Waals surface area contributed by atoms with E-state index < -0.39 is 0 Å². The Hall–Kier alpha value is -5.01. The highest BCUT2D eigenvalue weighted by molar-refractivity contribution is 6.77. The Morgan fingerprint density at radius 1 is 0.169 bits per heavy atom. The first-order chi connectivity index (χ1) is 38.8. The van der Waals surface area contributed by atoms with Gasteiger partial charge in [0.15, 0.2) is 0 Å². The maximum absolute atomic E-state index is 2.66. The minimum absolute atomic E-state index is 1.22. The van der Waals surface area contributed by atoms with E-state index in [1.807, 2.05) is 0 Å². The van der Waals surface area contributed by atoms with Gasteiger partial charge >= 0.3 is 0 Å². The van der Waals surface area contributed by atoms with E-state index in [1.54, 1.807) is 0 Å². The predicted molar refractivity (Wildman–Crippen MR) is 473 cm³/mol. The second kappa shape index (κ2) is 21.4. The summed E-state index contributed by atoms with van der Waals surface area (Å²) in [5, 5.41) is 11.4. The summed E-state index contributed by atoms with van der Waals surface area (Å²) in [6.45, 7) is 0. The molecule has 1 nitrogen and oxygen atoms in total. The predicted octanol–water partition coefficient (Wildman–Crippen LogP) is -37.5. The van der Waals surface area contributed by atoms with E-state index in [2.05, 4.69) is 271 Å². The van der Waals surface area contributed by atoms with Crippen LogP contribution in [0.15, 0.2) is 30.3 Å². The first-order valence-electron chi connectivity index (χ1n) is 30.8. The highest BCUT2D eigenvalue weighted by Gasteiger charge is 2.30. The number of nitrogens with zero attached hydrogens (tertiary/aromatic N) is 1. The van der Waals surface area contributed by atoms with Crippen LogP contribution in [-0.4, -0.2) is 235 Å². The minimum Gasteiger partial charge on any atom is -0.312 e. The molecule has 0 atom stereocenters. The van der Waals surface area contributed by atoms with Gasteiger partial charge in [-0.05, 0) is 94.7 Å². The third-order valence-electron chi connectivity index (χ3n) is 23.3. The molecule has 0 saturated carbocycles. The van der Waals surface area contributed by atoms with Crippen molar-refractivity contribution in [1.29, 1.82) is 0 Å². The van der Waals surface area contributed by atoms with Gasteiger partial charge in [0, 0.05) is 17.1 Å². The fraction of sp³-hybridized carbons (Fsp3) is 0. The molecule has 31 heteroatoms. The second-order valence-electron chi connectivity index (χ2n) is 26.4. The van der Waals surface area contributed by atoms with Crippen molar-refractivity contribution in [2.75, 3.05) is 4.90 Å². The lowest BCUT2D eigenvalue weighted by Gasteiger charge is -2.35. The molecule has 0 unspecified atom stereocenters. The molecule has 0 N–H and O–H groups in total. The molecule has 0 aliphatic heterocycles. The zero-order valence-electron chi connectivity index (χ0n) is 56.8. The molecule has 0 fully saturated rings. The first-order valence-corrected chi connectivity index (χ1v) is 30.8. The Morgan fingerprint density at radius 2 is 0.410 bits per heavy atom. The van der Waals surface area contributed by atoms with E-state index in [-0.39, 0.29) is 0 Å². The average molecular weight is 1030 g/mol. The van der Waals surface area contributed by atoms with E-state index in [0.717, 1.165) is 0 Å². The molecule has 10 aromatic carbocycles. The lowest BCUT2D eigenvalue weighted by Crippen LogP contribution is -2.56. The van der Waals surface area contributed by atoms with Crippen molar-refractivity contribution in [2.45, 2.75) is 0 Å². The number of rotatable bonds is 6. The van der Waals surface area contributed by atoms with Crippen LogP contribution >= 0.6 is 0 Å². The largest absolute Gasteiger partial charge is 0.312 e. The van der Waals surface area contributed by atoms with Crippen molar-refractivity contribution in [3.05, 3.63) is 30.3 Å². The lowest BCUT2D eigenvalue weighted by molar-refractivity contribution is 1.33. The van der Waals surface area contributed by atoms with E-state index >= 15 is 0 Å². The van der Waals surface area contributed by atoms with Gasteiger partial charge in [0.05, 0.1) is 0 Å². The average Bonchev–Trinajstić information content (AvgIpc) is 0.997. The maximum Gasteiger partial charge on any atom is 0.141 e. The van der Waals surface area contributed by atoms with Crippen LogP contribution in [0.1, 0.15) is 0 Å². The van der Waals surface area contributed by atoms with Gasteiger partial charge in [-0.15, -0.1) is 60.1 Å². The third kappa shape index (κ3) is 8.55. The van der Waals surface area contributed by atoms with Crippen molar-refractivity contribution < 1.29 is 0 Å². The summed E-state index contributed by atoms with van der Waals surface area (Å²) in [4.78, 5) is 2.66. The van der Waals surface area contributed by atoms with Crippen molar-refractivity contribution in [3.8, 4) is 33.4 Å². The summed E-state index contributed by atoms with van der Waals surface area (Å²) in [5.74, 6) is 0. The Bertz CT molecular complexity index is 4430. The minimum atomic E-state index is 1.22. The zero-order chi connectivity index (χ0) is 61.2. The fourth-order valence-electron chi connectivity index (χ4n) is 15.9. The van der Waals surface area contributed by atoms with Gasteiger partial charge in [0.1, 0.15) is 235 Å². The highest BCUT2D eigenvalue weighted by Crippen LogP contribution is 2.36. The Morgan fingerprint density at radius 3 is 0.735 bits per heavy atom. The van der Waals surface area contributed by atoms with Gasteiger partial charge < -0.3 is 4.90 Å². The Kier molecular flexibility index (Phi) is 15.8. The van der Waals surface area contributed by atoms with Crippen LogP contribution in [0.5, 0.6) is 0 Å². The summed E-state index contributed by atoms with van der Waals surface area (Å²) >= 11 is 0. The van der Waals surface area contributed by atoms with Crippen LogP contribution in [0, 0.1) is 0 Å². The van der Waals surface area contributed by atoms with E-state index in [1.165, 1.54) is 257 Å². The van der Waals surface area contributed by atoms with Crippen LogP contribution in [0.25, 0.3) is 76.5 Å². The van der Waals surface area contributed by atoms with E-state index in [4.69, 9.17) is 0 Å². The molecular formula is C52H65B30N. The van der Waals surface area contributed by atoms with Crippen LogP contribution in [-0.2, 0) is 0 Å². The van der Waals surface area contributed by atoms with Crippen LogP contribution in [0.2, 0.25) is 0 Å². The number of anilines is 3. The molecule has 0 radical (unpaired) electrons. The van der Waals surface area contributed by atoms with Gasteiger partial charge in [-0.2, -0.15) is 0 Å². The lowest BCUT2D eigenvalue weighted by atomic mass is 9.57. The van der Waals surface area contributed by atoms with Crippen molar-refractivity contribution in [3.63, 3.8) is 0 Å². The van der Waals surface area contributed by atoms with Crippen LogP contribution in [0.3, 0.4) is 0 Å². The first kappa shape index (κ1) is 61.1. The summed E-state index contributed by atoms with van der Waals surface area (Å²) in [5.41, 5.74) is 53.1. The molecule has 10 aromatic rings. The maximum atomic E-state index is 2.66. The smallest absolute Gasteiger partial charge is 0.141 e. The molecule has 83 heavy (non-hydrogen) atoms. The molecule has 0 aromatic heterocycles. The molecule has 0 heterocycles. The van der Waals surface area contributed by atoms with Gasteiger partial charge in [0.25, 0.3) is 0 Å². The molecular weight excluding hydrogens is 963 g/mol. The number of hydrogen-bond acceptors (Lipinski definition) is 1. The second-order valence-corrected chi connectivity index (χ2v) is 26.4. The van der Waals surface area contributed by atoms with Crippen LogP contribution < -0.4 is 169 Å². The monoisotopic (exact) mass is 1030 g/mol. The normalized spacial score (nSPS) is 11.6. The van der Waals surface area contributed by atoms with Gasteiger partial charge in [0.2, 0.25) is 0 Å². The summed E-state index contributed by atoms with van der Waals surface area (Å²) in [6, 6.07) is 12.5. The van der Waals surface area contributed by atoms with E-state index in [9.17, 15) is 0 Å². The highest BCUT2D eigenvalue weighted by atomic mass is 15.1. The topological polar surface area (TPSA) is 3.24 Å². The van der Waals surface area contributed by atoms with Crippen LogP contribution in [0.4, 0.5) is 17.1 Å². The Balaban J connectivity index is 1.32. The van der Waals surface area contributed by atoms with Gasteiger partial charge in [-0.1, -0.05) is 116 Å². The summed E-state index contributed by atoms with van der Waals surface area (Å²) < 4.78 is 0. The Labute approximate surface area is 524 Å². The quantitative estimate of drug-likeness (QED) is 0.119. The zero-order valence-corrected chi connectivity index (χ0v) is 56.8. The molecule has 0 saturated heterocycles. The van der Waals surface area contributed by atoms with E-state index in [0.29, 0.717) is 0 Å². The number of benzene rings is 10. The SMILES string of the molecule is Bc1cc(N(c2ccc(-c3c(B)c4c(B)c(B)c(B)c(B)c4c4c(B)c(B)c(B)c(B)c34)c(B)c2B)c2ccc(-c3c(B)c4c(B)c(B)c(B)c(B)c4c4c(B)c(B)c(B)c(B)c34)c(B)c2B)c(B)c(B)c1-c1c(B)c(B)c(B)c(B)c1B. The van der Waals surface area contributed by atoms with Gasteiger partial charge in [-0.3, -0.25) is 0 Å².